The SMILES string of the molecule is CC(=O)N1CC=C(c2nc3c([C@@H](C)Nc4ccccc4C(=O)O)cc(C)cc3nc2C#N)CC1. The molecule has 0 saturated carbocycles. The summed E-state index contributed by atoms with van der Waals surface area (Å²) in [4.78, 5) is 34.6. The predicted octanol–water partition coefficient (Wildman–Crippen LogP) is 4.32. The van der Waals surface area contributed by atoms with Crippen molar-refractivity contribution in [1.82, 2.24) is 14.9 Å². The Balaban J connectivity index is 1.79. The first kappa shape index (κ1) is 22.9. The number of rotatable bonds is 5. The van der Waals surface area contributed by atoms with E-state index in [1.807, 2.05) is 32.1 Å². The molecule has 0 aliphatic carbocycles. The van der Waals surface area contributed by atoms with Crippen LogP contribution < -0.4 is 5.32 Å². The van der Waals surface area contributed by atoms with Gasteiger partial charge in [-0.2, -0.15) is 5.26 Å². The van der Waals surface area contributed by atoms with Crippen LogP contribution in [0.25, 0.3) is 16.6 Å². The number of fused-ring (bicyclic) bond motifs is 1. The number of carboxylic acids is 1. The molecule has 0 fully saturated rings. The molecule has 0 unspecified atom stereocenters. The summed E-state index contributed by atoms with van der Waals surface area (Å²) >= 11 is 0. The lowest BCUT2D eigenvalue weighted by atomic mass is 9.99. The van der Waals surface area contributed by atoms with Gasteiger partial charge in [0.25, 0.3) is 0 Å². The van der Waals surface area contributed by atoms with Gasteiger partial charge < -0.3 is 15.3 Å². The van der Waals surface area contributed by atoms with E-state index in [9.17, 15) is 20.0 Å². The van der Waals surface area contributed by atoms with Crippen molar-refractivity contribution in [2.45, 2.75) is 33.2 Å². The lowest BCUT2D eigenvalue weighted by molar-refractivity contribution is -0.128. The van der Waals surface area contributed by atoms with Crippen LogP contribution in [-0.4, -0.2) is 44.9 Å². The molecule has 4 rings (SSSR count). The standard InChI is InChI=1S/C26H25N5O3/c1-15-12-20(16(2)28-21-7-5-4-6-19(21)26(33)34)25-22(13-15)29-23(14-27)24(30-25)18-8-10-31(11-9-18)17(3)32/h4-8,12-13,16,28H,9-11H2,1-3H3,(H,33,34)/t16-/m1/s1. The molecule has 1 amide bonds. The second kappa shape index (κ2) is 9.32. The smallest absolute Gasteiger partial charge is 0.337 e. The molecule has 2 aromatic carbocycles. The van der Waals surface area contributed by atoms with E-state index in [1.165, 1.54) is 0 Å². The molecular weight excluding hydrogens is 430 g/mol. The minimum atomic E-state index is -1.01. The Bertz CT molecular complexity index is 1370. The molecule has 0 bridgehead atoms. The number of nitrogens with zero attached hydrogens (tertiary/aromatic N) is 4. The van der Waals surface area contributed by atoms with E-state index in [1.54, 1.807) is 36.1 Å². The van der Waals surface area contributed by atoms with Crippen molar-refractivity contribution in [1.29, 1.82) is 5.26 Å². The molecule has 1 aromatic heterocycles. The Labute approximate surface area is 197 Å². The van der Waals surface area contributed by atoms with Crippen LogP contribution in [0.1, 0.15) is 59.2 Å². The molecule has 3 aromatic rings. The third-order valence-corrected chi connectivity index (χ3v) is 6.00. The zero-order chi connectivity index (χ0) is 24.4. The first-order valence-electron chi connectivity index (χ1n) is 11.0. The maximum absolute atomic E-state index is 11.7. The van der Waals surface area contributed by atoms with Gasteiger partial charge >= 0.3 is 5.97 Å². The van der Waals surface area contributed by atoms with Gasteiger partial charge in [-0.1, -0.05) is 24.3 Å². The monoisotopic (exact) mass is 455 g/mol. The van der Waals surface area contributed by atoms with E-state index >= 15 is 0 Å². The fourth-order valence-electron chi connectivity index (χ4n) is 4.24. The van der Waals surface area contributed by atoms with Crippen LogP contribution in [0.3, 0.4) is 0 Å². The molecule has 2 heterocycles. The van der Waals surface area contributed by atoms with Gasteiger partial charge in [0.15, 0.2) is 5.69 Å². The number of para-hydroxylation sites is 1. The number of hydrogen-bond acceptors (Lipinski definition) is 6. The first-order chi connectivity index (χ1) is 16.3. The molecule has 1 atom stereocenters. The van der Waals surface area contributed by atoms with Crippen molar-refractivity contribution in [3.63, 3.8) is 0 Å². The number of hydrogen-bond donors (Lipinski definition) is 2. The number of carboxylic acid groups (broad SMARTS) is 1. The summed E-state index contributed by atoms with van der Waals surface area (Å²) in [5.41, 5.74) is 5.46. The summed E-state index contributed by atoms with van der Waals surface area (Å²) in [7, 11) is 0. The highest BCUT2D eigenvalue weighted by atomic mass is 16.4. The number of aryl methyl sites for hydroxylation is 1. The van der Waals surface area contributed by atoms with Gasteiger partial charge in [0, 0.05) is 31.3 Å². The van der Waals surface area contributed by atoms with Gasteiger partial charge in [0.2, 0.25) is 5.91 Å². The summed E-state index contributed by atoms with van der Waals surface area (Å²) in [6.45, 7) is 6.47. The molecule has 2 N–H and O–H groups in total. The molecular formula is C26H25N5O3. The number of nitriles is 1. The average molecular weight is 456 g/mol. The Hall–Kier alpha value is -4.25. The zero-order valence-corrected chi connectivity index (χ0v) is 19.3. The third-order valence-electron chi connectivity index (χ3n) is 6.00. The molecule has 8 nitrogen and oxygen atoms in total. The number of carbonyl (C=O) groups is 2. The van der Waals surface area contributed by atoms with Gasteiger partial charge in [-0.3, -0.25) is 4.79 Å². The highest BCUT2D eigenvalue weighted by Gasteiger charge is 2.22. The molecule has 8 heteroatoms. The first-order valence-corrected chi connectivity index (χ1v) is 11.0. The predicted molar refractivity (Wildman–Crippen MR) is 129 cm³/mol. The average Bonchev–Trinajstić information content (AvgIpc) is 2.82. The van der Waals surface area contributed by atoms with Crippen molar-refractivity contribution in [3.8, 4) is 6.07 Å². The number of anilines is 1. The van der Waals surface area contributed by atoms with Crippen LogP contribution in [0, 0.1) is 18.3 Å². The molecule has 0 spiro atoms. The normalized spacial score (nSPS) is 14.3. The second-order valence-corrected chi connectivity index (χ2v) is 8.42. The number of amides is 1. The van der Waals surface area contributed by atoms with E-state index in [0.717, 1.165) is 16.7 Å². The van der Waals surface area contributed by atoms with Crippen LogP contribution in [0.2, 0.25) is 0 Å². The number of carbonyl (C=O) groups excluding carboxylic acids is 1. The van der Waals surface area contributed by atoms with Crippen LogP contribution in [0.5, 0.6) is 0 Å². The third kappa shape index (κ3) is 4.46. The Morgan fingerprint density at radius 3 is 2.65 bits per heavy atom. The maximum atomic E-state index is 11.7. The van der Waals surface area contributed by atoms with Crippen molar-refractivity contribution < 1.29 is 14.7 Å². The molecule has 1 aliphatic rings. The van der Waals surface area contributed by atoms with E-state index in [2.05, 4.69) is 16.4 Å². The fraction of sp³-hybridized carbons (Fsp3) is 0.269. The largest absolute Gasteiger partial charge is 0.478 e. The van der Waals surface area contributed by atoms with Crippen molar-refractivity contribution in [3.05, 3.63) is 70.6 Å². The molecule has 1 aliphatic heterocycles. The topological polar surface area (TPSA) is 119 Å². The molecule has 0 saturated heterocycles. The van der Waals surface area contributed by atoms with E-state index in [-0.39, 0.29) is 23.2 Å². The quantitative estimate of drug-likeness (QED) is 0.588. The number of aromatic carboxylic acids is 1. The number of benzene rings is 2. The summed E-state index contributed by atoms with van der Waals surface area (Å²) in [5, 5.41) is 22.6. The van der Waals surface area contributed by atoms with Crippen LogP contribution >= 0.6 is 0 Å². The van der Waals surface area contributed by atoms with Crippen LogP contribution in [0.15, 0.2) is 42.5 Å². The Morgan fingerprint density at radius 2 is 2.00 bits per heavy atom. The summed E-state index contributed by atoms with van der Waals surface area (Å²) in [5.74, 6) is -0.992. The van der Waals surface area contributed by atoms with Crippen molar-refractivity contribution in [2.24, 2.45) is 0 Å². The Kier molecular flexibility index (Phi) is 6.28. The highest BCUT2D eigenvalue weighted by Crippen LogP contribution is 2.31. The van der Waals surface area contributed by atoms with Gasteiger partial charge in [-0.25, -0.2) is 14.8 Å². The fourth-order valence-corrected chi connectivity index (χ4v) is 4.24. The van der Waals surface area contributed by atoms with Crippen LogP contribution in [0.4, 0.5) is 5.69 Å². The van der Waals surface area contributed by atoms with Crippen molar-refractivity contribution >= 4 is 34.2 Å². The highest BCUT2D eigenvalue weighted by molar-refractivity contribution is 5.94. The van der Waals surface area contributed by atoms with Gasteiger partial charge in [0.05, 0.1) is 22.6 Å². The second-order valence-electron chi connectivity index (χ2n) is 8.42. The molecule has 0 radical (unpaired) electrons. The summed E-state index contributed by atoms with van der Waals surface area (Å²) in [6, 6.07) is 12.6. The molecule has 34 heavy (non-hydrogen) atoms. The maximum Gasteiger partial charge on any atom is 0.337 e. The summed E-state index contributed by atoms with van der Waals surface area (Å²) in [6.07, 6.45) is 2.52. The minimum absolute atomic E-state index is 0.0136. The van der Waals surface area contributed by atoms with Gasteiger partial charge in [0.1, 0.15) is 11.8 Å². The number of nitrogens with one attached hydrogen (secondary N) is 1. The Morgan fingerprint density at radius 1 is 1.24 bits per heavy atom. The minimum Gasteiger partial charge on any atom is -0.478 e. The lowest BCUT2D eigenvalue weighted by Gasteiger charge is -2.25. The van der Waals surface area contributed by atoms with Gasteiger partial charge in [-0.05, 0) is 49.6 Å². The van der Waals surface area contributed by atoms with E-state index < -0.39 is 5.97 Å². The van der Waals surface area contributed by atoms with E-state index in [0.29, 0.717) is 41.9 Å². The van der Waals surface area contributed by atoms with Gasteiger partial charge in [-0.15, -0.1) is 0 Å². The zero-order valence-electron chi connectivity index (χ0n) is 19.3. The van der Waals surface area contributed by atoms with Crippen LogP contribution in [-0.2, 0) is 4.79 Å². The van der Waals surface area contributed by atoms with Crippen molar-refractivity contribution in [2.75, 3.05) is 18.4 Å². The number of aromatic nitrogens is 2. The molecule has 172 valence electrons. The van der Waals surface area contributed by atoms with E-state index in [4.69, 9.17) is 4.98 Å². The summed E-state index contributed by atoms with van der Waals surface area (Å²) < 4.78 is 0. The lowest BCUT2D eigenvalue weighted by Crippen LogP contribution is -2.32.